The van der Waals surface area contributed by atoms with E-state index in [9.17, 15) is 4.79 Å². The third kappa shape index (κ3) is 4.96. The normalized spacial score (nSPS) is 10.7. The van der Waals surface area contributed by atoms with E-state index >= 15 is 0 Å². The van der Waals surface area contributed by atoms with E-state index in [1.807, 2.05) is 54.6 Å². The van der Waals surface area contributed by atoms with Crippen LogP contribution in [0.2, 0.25) is 0 Å². The summed E-state index contributed by atoms with van der Waals surface area (Å²) in [5, 5.41) is 7.16. The first-order chi connectivity index (χ1) is 17.1. The van der Waals surface area contributed by atoms with Crippen molar-refractivity contribution in [2.75, 3.05) is 17.7 Å². The highest BCUT2D eigenvalue weighted by Crippen LogP contribution is 2.28. The van der Waals surface area contributed by atoms with E-state index in [2.05, 4.69) is 41.8 Å². The number of ether oxygens (including phenoxy) is 1. The second-order valence-electron chi connectivity index (χ2n) is 8.17. The summed E-state index contributed by atoms with van der Waals surface area (Å²) in [7, 11) is 1.59. The molecular weight excluding hydrogens is 436 g/mol. The van der Waals surface area contributed by atoms with Gasteiger partial charge in [0.1, 0.15) is 5.75 Å². The molecule has 6 heteroatoms. The summed E-state index contributed by atoms with van der Waals surface area (Å²) in [6.45, 7) is 2.06. The highest BCUT2D eigenvalue weighted by atomic mass is 16.5. The van der Waals surface area contributed by atoms with Gasteiger partial charge in [-0.1, -0.05) is 54.1 Å². The lowest BCUT2D eigenvalue weighted by molar-refractivity contribution is 0.102. The van der Waals surface area contributed by atoms with E-state index in [0.29, 0.717) is 22.9 Å². The van der Waals surface area contributed by atoms with Gasteiger partial charge >= 0.3 is 0 Å². The lowest BCUT2D eigenvalue weighted by Crippen LogP contribution is -2.11. The Morgan fingerprint density at radius 1 is 0.800 bits per heavy atom. The van der Waals surface area contributed by atoms with Crippen molar-refractivity contribution in [2.45, 2.75) is 6.92 Å². The molecule has 0 aliphatic carbocycles. The highest BCUT2D eigenvalue weighted by molar-refractivity contribution is 6.04. The number of nitrogens with zero attached hydrogens (tertiary/aromatic N) is 2. The number of aryl methyl sites for hydroxylation is 1. The van der Waals surface area contributed by atoms with Gasteiger partial charge in [0.15, 0.2) is 0 Å². The van der Waals surface area contributed by atoms with Gasteiger partial charge in [0.05, 0.1) is 18.3 Å². The van der Waals surface area contributed by atoms with Crippen LogP contribution in [0.1, 0.15) is 15.9 Å². The molecule has 2 N–H and O–H groups in total. The van der Waals surface area contributed by atoms with E-state index in [-0.39, 0.29) is 5.91 Å². The number of fused-ring (bicyclic) bond motifs is 1. The smallest absolute Gasteiger partial charge is 0.255 e. The molecule has 1 aromatic heterocycles. The van der Waals surface area contributed by atoms with Crippen LogP contribution < -0.4 is 15.4 Å². The number of rotatable bonds is 6. The minimum absolute atomic E-state index is 0.201. The topological polar surface area (TPSA) is 76.1 Å². The zero-order valence-electron chi connectivity index (χ0n) is 19.4. The Labute approximate surface area is 203 Å². The summed E-state index contributed by atoms with van der Waals surface area (Å²) in [6.07, 6.45) is 0. The van der Waals surface area contributed by atoms with Crippen molar-refractivity contribution in [2.24, 2.45) is 0 Å². The first kappa shape index (κ1) is 22.1. The molecule has 1 amide bonds. The quantitative estimate of drug-likeness (QED) is 0.298. The molecule has 0 spiro atoms. The van der Waals surface area contributed by atoms with Crippen molar-refractivity contribution < 1.29 is 9.53 Å². The van der Waals surface area contributed by atoms with Gasteiger partial charge in [-0.2, -0.15) is 0 Å². The Kier molecular flexibility index (Phi) is 6.09. The first-order valence-electron chi connectivity index (χ1n) is 11.3. The van der Waals surface area contributed by atoms with Gasteiger partial charge in [0, 0.05) is 34.0 Å². The number of aromatic nitrogens is 2. The van der Waals surface area contributed by atoms with Crippen molar-refractivity contribution in [1.29, 1.82) is 0 Å². The molecule has 0 radical (unpaired) electrons. The molecule has 4 aromatic carbocycles. The SMILES string of the molecule is COc1cccc(NC(=O)c2ccc(Nc3nc(-c4ccc(C)cc4)c4ccccc4n3)cc2)c1. The largest absolute Gasteiger partial charge is 0.497 e. The molecule has 1 heterocycles. The predicted octanol–water partition coefficient (Wildman–Crippen LogP) is 6.61. The van der Waals surface area contributed by atoms with E-state index in [1.165, 1.54) is 5.56 Å². The van der Waals surface area contributed by atoms with Crippen molar-refractivity contribution in [3.8, 4) is 17.0 Å². The molecule has 6 nitrogen and oxygen atoms in total. The standard InChI is InChI=1S/C29H24N4O2/c1-19-10-12-20(13-11-19)27-25-8-3-4-9-26(25)32-29(33-27)31-22-16-14-21(15-17-22)28(34)30-23-6-5-7-24(18-23)35-2/h3-18H,1-2H3,(H,30,34)(H,31,32,33). The molecule has 0 saturated carbocycles. The maximum Gasteiger partial charge on any atom is 0.255 e. The van der Waals surface area contributed by atoms with Crippen molar-refractivity contribution in [3.05, 3.63) is 108 Å². The molecule has 0 aliphatic heterocycles. The predicted molar refractivity (Wildman–Crippen MR) is 140 cm³/mol. The molecule has 172 valence electrons. The van der Waals surface area contributed by atoms with Gasteiger partial charge < -0.3 is 15.4 Å². The van der Waals surface area contributed by atoms with Crippen LogP contribution in [0.15, 0.2) is 97.1 Å². The second-order valence-corrected chi connectivity index (χ2v) is 8.17. The number of nitrogens with one attached hydrogen (secondary N) is 2. The van der Waals surface area contributed by atoms with Crippen LogP contribution in [0.25, 0.3) is 22.2 Å². The minimum atomic E-state index is -0.201. The van der Waals surface area contributed by atoms with E-state index in [0.717, 1.165) is 27.8 Å². The third-order valence-electron chi connectivity index (χ3n) is 5.66. The number of para-hydroxylation sites is 1. The number of carbonyl (C=O) groups excluding carboxylic acids is 1. The highest BCUT2D eigenvalue weighted by Gasteiger charge is 2.11. The lowest BCUT2D eigenvalue weighted by Gasteiger charge is -2.11. The minimum Gasteiger partial charge on any atom is -0.497 e. The Hall–Kier alpha value is -4.71. The molecule has 0 unspecified atom stereocenters. The number of hydrogen-bond donors (Lipinski definition) is 2. The Morgan fingerprint density at radius 2 is 1.57 bits per heavy atom. The number of benzene rings is 4. The molecule has 5 aromatic rings. The van der Waals surface area contributed by atoms with Crippen LogP contribution in [0.4, 0.5) is 17.3 Å². The molecule has 35 heavy (non-hydrogen) atoms. The summed E-state index contributed by atoms with van der Waals surface area (Å²) < 4.78 is 5.21. The number of amides is 1. The van der Waals surface area contributed by atoms with Gasteiger partial charge in [-0.25, -0.2) is 9.97 Å². The van der Waals surface area contributed by atoms with Crippen LogP contribution in [-0.4, -0.2) is 23.0 Å². The summed E-state index contributed by atoms with van der Waals surface area (Å²) in [5.41, 5.74) is 5.95. The fraction of sp³-hybridized carbons (Fsp3) is 0.0690. The number of methoxy groups -OCH3 is 1. The number of anilines is 3. The van der Waals surface area contributed by atoms with Crippen molar-refractivity contribution in [3.63, 3.8) is 0 Å². The van der Waals surface area contributed by atoms with Crippen LogP contribution >= 0.6 is 0 Å². The van der Waals surface area contributed by atoms with Crippen LogP contribution in [0, 0.1) is 6.92 Å². The van der Waals surface area contributed by atoms with Crippen molar-refractivity contribution in [1.82, 2.24) is 9.97 Å². The van der Waals surface area contributed by atoms with Gasteiger partial charge in [0.2, 0.25) is 5.95 Å². The molecular formula is C29H24N4O2. The zero-order valence-corrected chi connectivity index (χ0v) is 19.4. The van der Waals surface area contributed by atoms with E-state index < -0.39 is 0 Å². The average molecular weight is 461 g/mol. The van der Waals surface area contributed by atoms with Crippen LogP contribution in [0.3, 0.4) is 0 Å². The lowest BCUT2D eigenvalue weighted by atomic mass is 10.1. The molecule has 0 atom stereocenters. The summed E-state index contributed by atoms with van der Waals surface area (Å²) in [5.74, 6) is 0.976. The van der Waals surface area contributed by atoms with Crippen LogP contribution in [0.5, 0.6) is 5.75 Å². The fourth-order valence-corrected chi connectivity index (χ4v) is 3.80. The summed E-state index contributed by atoms with van der Waals surface area (Å²) >= 11 is 0. The Morgan fingerprint density at radius 3 is 2.34 bits per heavy atom. The van der Waals surface area contributed by atoms with E-state index in [1.54, 1.807) is 25.3 Å². The zero-order chi connectivity index (χ0) is 24.2. The van der Waals surface area contributed by atoms with Gasteiger partial charge in [-0.3, -0.25) is 4.79 Å². The van der Waals surface area contributed by atoms with E-state index in [4.69, 9.17) is 14.7 Å². The summed E-state index contributed by atoms with van der Waals surface area (Å²) in [4.78, 5) is 22.2. The first-order valence-corrected chi connectivity index (χ1v) is 11.3. The molecule has 0 bridgehead atoms. The Balaban J connectivity index is 1.38. The monoisotopic (exact) mass is 460 g/mol. The summed E-state index contributed by atoms with van der Waals surface area (Å²) in [6, 6.07) is 30.7. The average Bonchev–Trinajstić information content (AvgIpc) is 2.89. The van der Waals surface area contributed by atoms with Gasteiger partial charge in [-0.05, 0) is 49.4 Å². The molecule has 0 saturated heterocycles. The molecule has 0 fully saturated rings. The van der Waals surface area contributed by atoms with Gasteiger partial charge in [0.25, 0.3) is 5.91 Å². The molecule has 5 rings (SSSR count). The maximum atomic E-state index is 12.7. The van der Waals surface area contributed by atoms with Gasteiger partial charge in [-0.15, -0.1) is 0 Å². The number of hydrogen-bond acceptors (Lipinski definition) is 5. The number of carbonyl (C=O) groups is 1. The Bertz CT molecular complexity index is 1500. The maximum absolute atomic E-state index is 12.7. The van der Waals surface area contributed by atoms with Crippen LogP contribution in [-0.2, 0) is 0 Å². The fourth-order valence-electron chi connectivity index (χ4n) is 3.80. The molecule has 0 aliphatic rings. The third-order valence-corrected chi connectivity index (χ3v) is 5.66. The second kappa shape index (κ2) is 9.65. The van der Waals surface area contributed by atoms with Crippen molar-refractivity contribution >= 4 is 34.1 Å².